The zero-order chi connectivity index (χ0) is 26.8. The number of rotatable bonds is 12. The number of hydrogen-bond acceptors (Lipinski definition) is 8. The van der Waals surface area contributed by atoms with Crippen molar-refractivity contribution >= 4 is 41.4 Å². The Hall–Kier alpha value is -3.98. The molecule has 1 N–H and O–H groups in total. The van der Waals surface area contributed by atoms with Gasteiger partial charge in [0.25, 0.3) is 11.1 Å². The minimum Gasteiger partial charge on any atom is -0.485 e. The number of nitrogens with one attached hydrogen (secondary N) is 1. The largest absolute Gasteiger partial charge is 0.485 e. The molecule has 1 atom stereocenters. The number of aliphatic imine (C=N–C) groups is 1. The minimum atomic E-state index is -1.73. The van der Waals surface area contributed by atoms with Gasteiger partial charge in [-0.25, -0.2) is 4.79 Å². The SMILES string of the molecule is C=N/C(=C\C=C(/C)CC)C(=O)COc1ccc(C[C@]2(C(=O)OCc3ccccc3)SC(=O)NC2=O)cc1. The highest BCUT2D eigenvalue weighted by atomic mass is 32.2. The summed E-state index contributed by atoms with van der Waals surface area (Å²) in [6.07, 6.45) is 4.23. The highest BCUT2D eigenvalue weighted by molar-refractivity contribution is 8.16. The lowest BCUT2D eigenvalue weighted by molar-refractivity contribution is -0.150. The van der Waals surface area contributed by atoms with Gasteiger partial charge in [0.05, 0.1) is 0 Å². The number of hydrogen-bond donors (Lipinski definition) is 1. The van der Waals surface area contributed by atoms with Crippen LogP contribution < -0.4 is 10.1 Å². The summed E-state index contributed by atoms with van der Waals surface area (Å²) in [5.41, 5.74) is 2.68. The molecule has 0 spiro atoms. The molecule has 0 saturated carbocycles. The van der Waals surface area contributed by atoms with E-state index in [1.54, 1.807) is 42.5 Å². The average molecular weight is 521 g/mol. The molecular weight excluding hydrogens is 492 g/mol. The molecule has 1 fully saturated rings. The van der Waals surface area contributed by atoms with E-state index in [0.717, 1.165) is 17.6 Å². The number of thioether (sulfide) groups is 1. The Morgan fingerprint density at radius 1 is 1.05 bits per heavy atom. The minimum absolute atomic E-state index is 0.0198. The first-order valence-corrected chi connectivity index (χ1v) is 12.4. The van der Waals surface area contributed by atoms with Gasteiger partial charge in [0.1, 0.15) is 18.1 Å². The number of carbonyl (C=O) groups is 4. The Balaban J connectivity index is 1.66. The van der Waals surface area contributed by atoms with E-state index in [1.807, 2.05) is 38.1 Å². The zero-order valence-corrected chi connectivity index (χ0v) is 21.5. The second kappa shape index (κ2) is 12.8. The van der Waals surface area contributed by atoms with Gasteiger partial charge in [-0.15, -0.1) is 0 Å². The lowest BCUT2D eigenvalue weighted by Crippen LogP contribution is -2.46. The normalized spacial score (nSPS) is 17.8. The second-order valence-corrected chi connectivity index (χ2v) is 9.61. The van der Waals surface area contributed by atoms with E-state index in [2.05, 4.69) is 17.0 Å². The number of Topliss-reactive ketones (excluding diaryl/α,β-unsaturated/α-hetero) is 1. The molecule has 0 radical (unpaired) electrons. The molecule has 0 aliphatic carbocycles. The van der Waals surface area contributed by atoms with E-state index < -0.39 is 21.9 Å². The molecule has 0 bridgehead atoms. The van der Waals surface area contributed by atoms with Crippen LogP contribution in [0.1, 0.15) is 31.4 Å². The van der Waals surface area contributed by atoms with E-state index >= 15 is 0 Å². The van der Waals surface area contributed by atoms with Gasteiger partial charge in [0.15, 0.2) is 6.61 Å². The first-order valence-electron chi connectivity index (χ1n) is 11.6. The topological polar surface area (TPSA) is 111 Å². The second-order valence-electron chi connectivity index (χ2n) is 8.34. The third-order valence-electron chi connectivity index (χ3n) is 5.68. The van der Waals surface area contributed by atoms with Crippen LogP contribution in [0, 0.1) is 0 Å². The number of allylic oxidation sites excluding steroid dienone is 3. The quantitative estimate of drug-likeness (QED) is 0.143. The number of imide groups is 1. The van der Waals surface area contributed by atoms with Crippen LogP contribution in [-0.4, -0.2) is 41.0 Å². The van der Waals surface area contributed by atoms with Crippen LogP contribution in [0.3, 0.4) is 0 Å². The van der Waals surface area contributed by atoms with Crippen molar-refractivity contribution < 1.29 is 28.7 Å². The van der Waals surface area contributed by atoms with E-state index in [4.69, 9.17) is 9.47 Å². The van der Waals surface area contributed by atoms with Gasteiger partial charge >= 0.3 is 5.97 Å². The van der Waals surface area contributed by atoms with Gasteiger partial charge < -0.3 is 9.47 Å². The van der Waals surface area contributed by atoms with Gasteiger partial charge in [-0.1, -0.05) is 61.0 Å². The molecule has 1 saturated heterocycles. The monoisotopic (exact) mass is 520 g/mol. The van der Waals surface area contributed by atoms with Crippen LogP contribution in [-0.2, 0) is 32.1 Å². The molecule has 192 valence electrons. The van der Waals surface area contributed by atoms with Crippen LogP contribution in [0.5, 0.6) is 5.75 Å². The van der Waals surface area contributed by atoms with Crippen molar-refractivity contribution in [1.29, 1.82) is 0 Å². The lowest BCUT2D eigenvalue weighted by Gasteiger charge is -2.22. The van der Waals surface area contributed by atoms with Crippen molar-refractivity contribution in [3.8, 4) is 5.75 Å². The standard InChI is InChI=1S/C28H28N2O6S/c1-4-19(2)10-15-23(29-3)24(31)18-35-22-13-11-20(12-14-22)16-28(25(32)30-27(34)37-28)26(33)36-17-21-8-6-5-7-9-21/h5-15H,3-4,16-18H2,1-2H3,(H,30,32,34)/b19-10+,23-15-/t28-/m0/s1. The lowest BCUT2D eigenvalue weighted by atomic mass is 9.97. The molecule has 1 aliphatic heterocycles. The molecular formula is C28H28N2O6S. The van der Waals surface area contributed by atoms with Gasteiger partial charge in [-0.3, -0.25) is 24.7 Å². The van der Waals surface area contributed by atoms with Crippen LogP contribution in [0.15, 0.2) is 83.0 Å². The van der Waals surface area contributed by atoms with Crippen molar-refractivity contribution in [2.45, 2.75) is 38.0 Å². The molecule has 2 amide bonds. The number of ketones is 1. The predicted molar refractivity (Wildman–Crippen MR) is 142 cm³/mol. The average Bonchev–Trinajstić information content (AvgIpc) is 3.20. The molecule has 1 heterocycles. The van der Waals surface area contributed by atoms with E-state index in [0.29, 0.717) is 23.1 Å². The van der Waals surface area contributed by atoms with Crippen molar-refractivity contribution in [3.05, 3.63) is 89.1 Å². The Labute approximate surface area is 219 Å². The Morgan fingerprint density at radius 2 is 1.76 bits per heavy atom. The van der Waals surface area contributed by atoms with Crippen molar-refractivity contribution in [1.82, 2.24) is 5.32 Å². The number of benzene rings is 2. The fourth-order valence-electron chi connectivity index (χ4n) is 3.37. The summed E-state index contributed by atoms with van der Waals surface area (Å²) in [5.74, 6) is -1.41. The number of amides is 2. The summed E-state index contributed by atoms with van der Waals surface area (Å²) in [6.45, 7) is 7.16. The van der Waals surface area contributed by atoms with Gasteiger partial charge in [-0.2, -0.15) is 0 Å². The fourth-order valence-corrected chi connectivity index (χ4v) is 4.36. The highest BCUT2D eigenvalue weighted by Crippen LogP contribution is 2.37. The van der Waals surface area contributed by atoms with Crippen LogP contribution in [0.2, 0.25) is 0 Å². The summed E-state index contributed by atoms with van der Waals surface area (Å²) >= 11 is 0.614. The van der Waals surface area contributed by atoms with Gasteiger partial charge in [-0.05, 0) is 61.2 Å². The van der Waals surface area contributed by atoms with Crippen LogP contribution in [0.25, 0.3) is 0 Å². The summed E-state index contributed by atoms with van der Waals surface area (Å²) in [4.78, 5) is 53.8. The van der Waals surface area contributed by atoms with Crippen molar-refractivity contribution in [2.24, 2.45) is 4.99 Å². The van der Waals surface area contributed by atoms with Crippen molar-refractivity contribution in [3.63, 3.8) is 0 Å². The smallest absolute Gasteiger partial charge is 0.333 e. The van der Waals surface area contributed by atoms with Crippen LogP contribution >= 0.6 is 11.8 Å². The number of nitrogens with zero attached hydrogens (tertiary/aromatic N) is 1. The maximum atomic E-state index is 13.0. The van der Waals surface area contributed by atoms with Gasteiger partial charge in [0, 0.05) is 6.42 Å². The molecule has 2 aromatic carbocycles. The van der Waals surface area contributed by atoms with Crippen molar-refractivity contribution in [2.75, 3.05) is 6.61 Å². The Morgan fingerprint density at radius 3 is 2.35 bits per heavy atom. The van der Waals surface area contributed by atoms with Crippen LogP contribution in [0.4, 0.5) is 4.79 Å². The maximum absolute atomic E-state index is 13.0. The maximum Gasteiger partial charge on any atom is 0.333 e. The number of ether oxygens (including phenoxy) is 2. The summed E-state index contributed by atoms with van der Waals surface area (Å²) < 4.78 is 9.26. The molecule has 8 nitrogen and oxygen atoms in total. The molecule has 0 aromatic heterocycles. The molecule has 0 unspecified atom stereocenters. The number of carbonyl (C=O) groups excluding carboxylic acids is 4. The van der Waals surface area contributed by atoms with E-state index in [1.165, 1.54) is 0 Å². The highest BCUT2D eigenvalue weighted by Gasteiger charge is 2.55. The molecule has 9 heteroatoms. The Bertz CT molecular complexity index is 1240. The summed E-state index contributed by atoms with van der Waals surface area (Å²) in [7, 11) is 0. The first-order chi connectivity index (χ1) is 17.8. The summed E-state index contributed by atoms with van der Waals surface area (Å²) in [6, 6.07) is 15.6. The van der Waals surface area contributed by atoms with E-state index in [9.17, 15) is 19.2 Å². The molecule has 2 aromatic rings. The first kappa shape index (κ1) is 27.6. The zero-order valence-electron chi connectivity index (χ0n) is 20.7. The van der Waals surface area contributed by atoms with E-state index in [-0.39, 0.29) is 31.1 Å². The number of esters is 1. The molecule has 3 rings (SSSR count). The Kier molecular flexibility index (Phi) is 9.57. The predicted octanol–water partition coefficient (Wildman–Crippen LogP) is 4.58. The summed E-state index contributed by atoms with van der Waals surface area (Å²) in [5, 5.41) is 1.58. The third kappa shape index (κ3) is 7.27. The molecule has 37 heavy (non-hydrogen) atoms. The molecule has 1 aliphatic rings. The van der Waals surface area contributed by atoms with Gasteiger partial charge in [0.2, 0.25) is 10.5 Å². The third-order valence-corrected chi connectivity index (χ3v) is 6.81. The fraction of sp³-hybridized carbons (Fsp3) is 0.250.